The van der Waals surface area contributed by atoms with Crippen LogP contribution in [0, 0.1) is 24.6 Å². The van der Waals surface area contributed by atoms with Crippen LogP contribution in [-0.4, -0.2) is 32.2 Å². The first kappa shape index (κ1) is 22.3. The van der Waals surface area contributed by atoms with Crippen molar-refractivity contribution in [3.8, 4) is 5.75 Å². The Morgan fingerprint density at radius 2 is 1.72 bits per heavy atom. The Morgan fingerprint density at radius 3 is 2.31 bits per heavy atom. The third-order valence-electron chi connectivity index (χ3n) is 6.21. The third-order valence-corrected chi connectivity index (χ3v) is 7.62. The molecule has 2 amide bonds. The van der Waals surface area contributed by atoms with Crippen molar-refractivity contribution in [3.63, 3.8) is 0 Å². The predicted molar refractivity (Wildman–Crippen MR) is 116 cm³/mol. The van der Waals surface area contributed by atoms with Gasteiger partial charge >= 0.3 is 0 Å². The molecule has 170 valence electrons. The van der Waals surface area contributed by atoms with Gasteiger partial charge in [-0.1, -0.05) is 25.0 Å². The molecule has 32 heavy (non-hydrogen) atoms. The van der Waals surface area contributed by atoms with Gasteiger partial charge in [0.15, 0.2) is 0 Å². The van der Waals surface area contributed by atoms with Crippen LogP contribution in [0.2, 0.25) is 0 Å². The highest BCUT2D eigenvalue weighted by Gasteiger charge is 2.47. The average Bonchev–Trinajstić information content (AvgIpc) is 3.01. The number of ether oxygens (including phenoxy) is 1. The minimum Gasteiger partial charge on any atom is -0.495 e. The summed E-state index contributed by atoms with van der Waals surface area (Å²) in [6.45, 7) is 1.58. The third kappa shape index (κ3) is 4.09. The second-order valence-corrected chi connectivity index (χ2v) is 9.97. The number of anilines is 1. The van der Waals surface area contributed by atoms with Crippen molar-refractivity contribution < 1.29 is 27.1 Å². The molecule has 2 atom stereocenters. The van der Waals surface area contributed by atoms with Gasteiger partial charge in [0.05, 0.1) is 31.2 Å². The van der Waals surface area contributed by atoms with Gasteiger partial charge in [-0.05, 0) is 55.2 Å². The van der Waals surface area contributed by atoms with E-state index in [0.717, 1.165) is 18.9 Å². The molecule has 0 radical (unpaired) electrons. The minimum atomic E-state index is -4.12. The molecule has 1 aliphatic carbocycles. The molecule has 2 aliphatic rings. The number of hydrogen-bond acceptors (Lipinski definition) is 5. The van der Waals surface area contributed by atoms with E-state index in [2.05, 4.69) is 4.72 Å². The first-order valence-electron chi connectivity index (χ1n) is 10.5. The van der Waals surface area contributed by atoms with Crippen LogP contribution in [-0.2, 0) is 26.2 Å². The van der Waals surface area contributed by atoms with E-state index in [4.69, 9.17) is 4.74 Å². The number of carbonyl (C=O) groups excluding carboxylic acids is 2. The summed E-state index contributed by atoms with van der Waals surface area (Å²) in [6.07, 6.45) is 3.30. The van der Waals surface area contributed by atoms with E-state index in [1.807, 2.05) is 0 Å². The van der Waals surface area contributed by atoms with Gasteiger partial charge in [0.2, 0.25) is 11.8 Å². The lowest BCUT2D eigenvalue weighted by molar-refractivity contribution is -0.140. The van der Waals surface area contributed by atoms with Crippen LogP contribution >= 0.6 is 0 Å². The first-order valence-corrected chi connectivity index (χ1v) is 12.0. The number of likely N-dealkylation sites (tertiary alicyclic amines) is 1. The Labute approximate surface area is 186 Å². The lowest BCUT2D eigenvalue weighted by Crippen LogP contribution is -2.30. The van der Waals surface area contributed by atoms with Gasteiger partial charge in [0.1, 0.15) is 16.5 Å². The topological polar surface area (TPSA) is 92.8 Å². The molecule has 2 aromatic carbocycles. The normalized spacial score (nSPS) is 20.9. The van der Waals surface area contributed by atoms with E-state index < -0.39 is 15.8 Å². The number of hydrogen-bond donors (Lipinski definition) is 1. The molecule has 7 nitrogen and oxygen atoms in total. The zero-order chi connectivity index (χ0) is 23.0. The summed E-state index contributed by atoms with van der Waals surface area (Å²) in [5.41, 5.74) is 0.962. The molecular formula is C23H25FN2O5S. The van der Waals surface area contributed by atoms with Gasteiger partial charge in [-0.2, -0.15) is 0 Å². The van der Waals surface area contributed by atoms with E-state index in [1.165, 1.54) is 36.3 Å². The molecule has 4 rings (SSSR count). The Bertz CT molecular complexity index is 1160. The number of sulfonamides is 1. The lowest BCUT2D eigenvalue weighted by Gasteiger charge is -2.19. The van der Waals surface area contributed by atoms with Crippen LogP contribution in [0.15, 0.2) is 41.3 Å². The number of methoxy groups -OCH3 is 1. The highest BCUT2D eigenvalue weighted by molar-refractivity contribution is 7.92. The predicted octanol–water partition coefficient (Wildman–Crippen LogP) is 3.62. The molecule has 1 heterocycles. The standard InChI is InChI=1S/C23H25FN2O5S/c1-14-7-9-16(12-19(14)24)25-32(29,30)21-11-15(8-10-20(21)31-2)13-26-22(27)17-5-3-4-6-18(17)23(26)28/h7-12,17-18,25H,3-6,13H2,1-2H3/t17-,18-/m0/s1. The van der Waals surface area contributed by atoms with E-state index in [1.54, 1.807) is 13.0 Å². The Balaban J connectivity index is 1.62. The van der Waals surface area contributed by atoms with E-state index in [-0.39, 0.29) is 46.5 Å². The van der Waals surface area contributed by atoms with E-state index in [0.29, 0.717) is 24.0 Å². The number of benzene rings is 2. The molecule has 0 bridgehead atoms. The number of imide groups is 1. The van der Waals surface area contributed by atoms with E-state index >= 15 is 0 Å². The summed E-state index contributed by atoms with van der Waals surface area (Å²) < 4.78 is 47.5. The van der Waals surface area contributed by atoms with Gasteiger partial charge in [-0.25, -0.2) is 12.8 Å². The number of fused-ring (bicyclic) bond motifs is 1. The highest BCUT2D eigenvalue weighted by Crippen LogP contribution is 2.39. The van der Waals surface area contributed by atoms with Crippen LogP contribution < -0.4 is 9.46 Å². The molecule has 9 heteroatoms. The quantitative estimate of drug-likeness (QED) is 0.665. The van der Waals surface area contributed by atoms with Gasteiger partial charge < -0.3 is 4.74 Å². The fourth-order valence-corrected chi connectivity index (χ4v) is 5.74. The second kappa shape index (κ2) is 8.54. The monoisotopic (exact) mass is 460 g/mol. The van der Waals surface area contributed by atoms with Crippen molar-refractivity contribution in [3.05, 3.63) is 53.3 Å². The molecule has 1 saturated heterocycles. The number of halogens is 1. The van der Waals surface area contributed by atoms with Gasteiger partial charge in [0, 0.05) is 0 Å². The molecule has 2 fully saturated rings. The Kier molecular flexibility index (Phi) is 5.94. The minimum absolute atomic E-state index is 0.00363. The number of rotatable bonds is 6. The van der Waals surface area contributed by atoms with Gasteiger partial charge in [-0.3, -0.25) is 19.2 Å². The molecule has 0 aromatic heterocycles. The fourth-order valence-electron chi connectivity index (χ4n) is 4.47. The first-order chi connectivity index (χ1) is 15.2. The smallest absolute Gasteiger partial charge is 0.265 e. The zero-order valence-electron chi connectivity index (χ0n) is 17.9. The second-order valence-electron chi connectivity index (χ2n) is 8.31. The summed E-state index contributed by atoms with van der Waals surface area (Å²) in [7, 11) is -2.77. The maximum absolute atomic E-state index is 13.9. The number of carbonyl (C=O) groups is 2. The van der Waals surface area contributed by atoms with Crippen LogP contribution in [0.5, 0.6) is 5.75 Å². The van der Waals surface area contributed by atoms with Crippen molar-refractivity contribution >= 4 is 27.5 Å². The molecule has 2 aromatic rings. The SMILES string of the molecule is COc1ccc(CN2C(=O)[C@H]3CCCC[C@@H]3C2=O)cc1S(=O)(=O)Nc1ccc(C)c(F)c1. The summed E-state index contributed by atoms with van der Waals surface area (Å²) in [5, 5.41) is 0. The molecule has 0 unspecified atom stereocenters. The van der Waals surface area contributed by atoms with Gasteiger partial charge in [0.25, 0.3) is 10.0 Å². The van der Waals surface area contributed by atoms with Crippen molar-refractivity contribution in [2.75, 3.05) is 11.8 Å². The van der Waals surface area contributed by atoms with E-state index in [9.17, 15) is 22.4 Å². The van der Waals surface area contributed by atoms with Crippen LogP contribution in [0.1, 0.15) is 36.8 Å². The van der Waals surface area contributed by atoms with Crippen molar-refractivity contribution in [1.29, 1.82) is 0 Å². The summed E-state index contributed by atoms with van der Waals surface area (Å²) >= 11 is 0. The van der Waals surface area contributed by atoms with Crippen LogP contribution in [0.25, 0.3) is 0 Å². The maximum Gasteiger partial charge on any atom is 0.265 e. The highest BCUT2D eigenvalue weighted by atomic mass is 32.2. The summed E-state index contributed by atoms with van der Waals surface area (Å²) in [6, 6.07) is 8.55. The van der Waals surface area contributed by atoms with Crippen molar-refractivity contribution in [2.24, 2.45) is 11.8 Å². The Morgan fingerprint density at radius 1 is 1.06 bits per heavy atom. The number of amides is 2. The van der Waals surface area contributed by atoms with Crippen molar-refractivity contribution in [1.82, 2.24) is 4.90 Å². The average molecular weight is 461 g/mol. The zero-order valence-corrected chi connectivity index (χ0v) is 18.7. The van der Waals surface area contributed by atoms with Crippen LogP contribution in [0.4, 0.5) is 10.1 Å². The fraction of sp³-hybridized carbons (Fsp3) is 0.391. The number of aryl methyl sites for hydroxylation is 1. The molecule has 1 aliphatic heterocycles. The molecule has 1 N–H and O–H groups in total. The summed E-state index contributed by atoms with van der Waals surface area (Å²) in [5.74, 6) is -1.34. The van der Waals surface area contributed by atoms with Crippen molar-refractivity contribution in [2.45, 2.75) is 44.0 Å². The molecular weight excluding hydrogens is 435 g/mol. The molecule has 1 saturated carbocycles. The number of nitrogens with one attached hydrogen (secondary N) is 1. The lowest BCUT2D eigenvalue weighted by atomic mass is 9.81. The largest absolute Gasteiger partial charge is 0.495 e. The molecule has 0 spiro atoms. The number of nitrogens with zero attached hydrogens (tertiary/aromatic N) is 1. The van der Waals surface area contributed by atoms with Gasteiger partial charge in [-0.15, -0.1) is 0 Å². The Hall–Kier alpha value is -2.94. The van der Waals surface area contributed by atoms with Crippen LogP contribution in [0.3, 0.4) is 0 Å². The summed E-state index contributed by atoms with van der Waals surface area (Å²) in [4.78, 5) is 26.6. The maximum atomic E-state index is 13.9.